The van der Waals surface area contributed by atoms with Gasteiger partial charge >= 0.3 is 5.97 Å². The number of benzene rings is 2. The van der Waals surface area contributed by atoms with Crippen molar-refractivity contribution < 1.29 is 23.8 Å². The van der Waals surface area contributed by atoms with Crippen LogP contribution >= 0.6 is 11.6 Å². The second-order valence-electron chi connectivity index (χ2n) is 6.29. The van der Waals surface area contributed by atoms with E-state index in [0.717, 1.165) is 12.0 Å². The van der Waals surface area contributed by atoms with Crippen molar-refractivity contribution in [1.29, 1.82) is 0 Å². The van der Waals surface area contributed by atoms with Gasteiger partial charge in [0.15, 0.2) is 17.6 Å². The van der Waals surface area contributed by atoms with Crippen molar-refractivity contribution in [2.24, 2.45) is 0 Å². The molecule has 0 radical (unpaired) electrons. The molecule has 0 aliphatic heterocycles. The number of carbonyl (C=O) groups excluding carboxylic acids is 2. The maximum atomic E-state index is 12.4. The lowest BCUT2D eigenvalue weighted by Crippen LogP contribution is -2.23. The molecule has 0 fully saturated rings. The SMILES string of the molecule is CCOc1cc(/C=C/C(=O)O[C@H](C)C(=O)c2ccc(CC)cc2)cc(Cl)c1OC. The van der Waals surface area contributed by atoms with E-state index in [4.69, 9.17) is 25.8 Å². The van der Waals surface area contributed by atoms with Crippen molar-refractivity contribution in [2.75, 3.05) is 13.7 Å². The number of esters is 1. The Kier molecular flexibility index (Phi) is 8.28. The minimum absolute atomic E-state index is 0.250. The number of Topliss-reactive ketones (excluding diaryl/α,β-unsaturated/α-hetero) is 1. The lowest BCUT2D eigenvalue weighted by Gasteiger charge is -2.12. The van der Waals surface area contributed by atoms with Crippen molar-refractivity contribution in [1.82, 2.24) is 0 Å². The molecule has 0 N–H and O–H groups in total. The number of halogens is 1. The van der Waals surface area contributed by atoms with Crippen molar-refractivity contribution in [3.63, 3.8) is 0 Å². The number of methoxy groups -OCH3 is 1. The molecular formula is C23H25ClO5. The van der Waals surface area contributed by atoms with E-state index in [-0.39, 0.29) is 5.78 Å². The van der Waals surface area contributed by atoms with Gasteiger partial charge in [0.1, 0.15) is 0 Å². The Morgan fingerprint density at radius 2 is 1.83 bits per heavy atom. The van der Waals surface area contributed by atoms with Crippen LogP contribution in [0, 0.1) is 0 Å². The second kappa shape index (κ2) is 10.7. The van der Waals surface area contributed by atoms with Gasteiger partial charge in [-0.05, 0) is 49.6 Å². The Hall–Kier alpha value is -2.79. The predicted molar refractivity (Wildman–Crippen MR) is 114 cm³/mol. The monoisotopic (exact) mass is 416 g/mol. The molecule has 0 heterocycles. The van der Waals surface area contributed by atoms with E-state index in [2.05, 4.69) is 0 Å². The van der Waals surface area contributed by atoms with Crippen LogP contribution in [0.3, 0.4) is 0 Å². The molecule has 2 aromatic rings. The van der Waals surface area contributed by atoms with Crippen LogP contribution in [0.1, 0.15) is 42.3 Å². The van der Waals surface area contributed by atoms with Gasteiger partial charge in [0.25, 0.3) is 0 Å². The van der Waals surface area contributed by atoms with Crippen LogP contribution in [-0.4, -0.2) is 31.6 Å². The van der Waals surface area contributed by atoms with Crippen molar-refractivity contribution in [2.45, 2.75) is 33.3 Å². The van der Waals surface area contributed by atoms with Gasteiger partial charge in [0.05, 0.1) is 18.7 Å². The van der Waals surface area contributed by atoms with Gasteiger partial charge in [-0.15, -0.1) is 0 Å². The molecule has 154 valence electrons. The fourth-order valence-electron chi connectivity index (χ4n) is 2.72. The first-order valence-electron chi connectivity index (χ1n) is 9.41. The summed E-state index contributed by atoms with van der Waals surface area (Å²) >= 11 is 6.20. The summed E-state index contributed by atoms with van der Waals surface area (Å²) < 4.78 is 16.0. The Balaban J connectivity index is 2.05. The maximum absolute atomic E-state index is 12.4. The van der Waals surface area contributed by atoms with Crippen LogP contribution in [-0.2, 0) is 16.0 Å². The highest BCUT2D eigenvalue weighted by molar-refractivity contribution is 6.32. The number of ketones is 1. The number of carbonyl (C=O) groups is 2. The molecule has 2 rings (SSSR count). The lowest BCUT2D eigenvalue weighted by molar-refractivity contribution is -0.140. The normalized spacial score (nSPS) is 11.9. The minimum Gasteiger partial charge on any atom is -0.491 e. The first-order valence-corrected chi connectivity index (χ1v) is 9.79. The lowest BCUT2D eigenvalue weighted by atomic mass is 10.0. The Morgan fingerprint density at radius 3 is 2.41 bits per heavy atom. The van der Waals surface area contributed by atoms with Crippen LogP contribution in [0.25, 0.3) is 6.08 Å². The van der Waals surface area contributed by atoms with Gasteiger partial charge < -0.3 is 14.2 Å². The molecule has 0 saturated heterocycles. The quantitative estimate of drug-likeness (QED) is 0.322. The van der Waals surface area contributed by atoms with E-state index in [1.54, 1.807) is 37.3 Å². The topological polar surface area (TPSA) is 61.8 Å². The van der Waals surface area contributed by atoms with Gasteiger partial charge in [-0.25, -0.2) is 4.79 Å². The van der Waals surface area contributed by atoms with Gasteiger partial charge in [0, 0.05) is 11.6 Å². The fourth-order valence-corrected chi connectivity index (χ4v) is 3.01. The zero-order valence-electron chi connectivity index (χ0n) is 17.0. The summed E-state index contributed by atoms with van der Waals surface area (Å²) in [6.45, 7) is 5.89. The zero-order chi connectivity index (χ0) is 21.4. The highest BCUT2D eigenvalue weighted by Crippen LogP contribution is 2.36. The van der Waals surface area contributed by atoms with E-state index >= 15 is 0 Å². The third-order valence-electron chi connectivity index (χ3n) is 4.26. The van der Waals surface area contributed by atoms with Crippen LogP contribution in [0.15, 0.2) is 42.5 Å². The van der Waals surface area contributed by atoms with Gasteiger partial charge in [0.2, 0.25) is 5.78 Å². The molecule has 0 aliphatic carbocycles. The van der Waals surface area contributed by atoms with Crippen molar-refractivity contribution >= 4 is 29.4 Å². The average molecular weight is 417 g/mol. The molecule has 2 aromatic carbocycles. The standard InChI is InChI=1S/C23H25ClO5/c1-5-16-7-10-18(11-8-16)22(26)15(3)29-21(25)12-9-17-13-19(24)23(27-4)20(14-17)28-6-2/h7-15H,5-6H2,1-4H3/b12-9+/t15-/m1/s1. The van der Waals surface area contributed by atoms with E-state index in [0.29, 0.717) is 34.3 Å². The Morgan fingerprint density at radius 1 is 1.14 bits per heavy atom. The largest absolute Gasteiger partial charge is 0.491 e. The van der Waals surface area contributed by atoms with Crippen molar-refractivity contribution in [3.8, 4) is 11.5 Å². The third kappa shape index (κ3) is 6.09. The number of aryl methyl sites for hydroxylation is 1. The van der Waals surface area contributed by atoms with Crippen molar-refractivity contribution in [3.05, 3.63) is 64.2 Å². The molecule has 29 heavy (non-hydrogen) atoms. The summed E-state index contributed by atoms with van der Waals surface area (Å²) in [5.74, 6) is 0.0394. The average Bonchev–Trinajstić information content (AvgIpc) is 2.72. The van der Waals surface area contributed by atoms with Gasteiger partial charge in [-0.3, -0.25) is 4.79 Å². The molecule has 1 atom stereocenters. The van der Waals surface area contributed by atoms with E-state index in [9.17, 15) is 9.59 Å². The van der Waals surface area contributed by atoms with E-state index < -0.39 is 12.1 Å². The summed E-state index contributed by atoms with van der Waals surface area (Å²) in [6, 6.07) is 10.6. The maximum Gasteiger partial charge on any atom is 0.331 e. The smallest absolute Gasteiger partial charge is 0.331 e. The van der Waals surface area contributed by atoms with Gasteiger partial charge in [-0.2, -0.15) is 0 Å². The predicted octanol–water partition coefficient (Wildman–Crippen LogP) is 5.14. The molecule has 0 amide bonds. The highest BCUT2D eigenvalue weighted by Gasteiger charge is 2.18. The number of ether oxygens (including phenoxy) is 3. The van der Waals surface area contributed by atoms with Gasteiger partial charge in [-0.1, -0.05) is 42.8 Å². The highest BCUT2D eigenvalue weighted by atomic mass is 35.5. The molecular weight excluding hydrogens is 392 g/mol. The molecule has 0 aliphatic rings. The summed E-state index contributed by atoms with van der Waals surface area (Å²) in [7, 11) is 1.50. The Bertz CT molecular complexity index is 887. The third-order valence-corrected chi connectivity index (χ3v) is 4.54. The molecule has 6 heteroatoms. The summed E-state index contributed by atoms with van der Waals surface area (Å²) in [5, 5.41) is 0.366. The molecule has 0 bridgehead atoms. The molecule has 0 aromatic heterocycles. The second-order valence-corrected chi connectivity index (χ2v) is 6.70. The minimum atomic E-state index is -0.891. The molecule has 0 unspecified atom stereocenters. The fraction of sp³-hybridized carbons (Fsp3) is 0.304. The first-order chi connectivity index (χ1) is 13.9. The molecule has 0 spiro atoms. The summed E-state index contributed by atoms with van der Waals surface area (Å²) in [5.41, 5.74) is 2.29. The van der Waals surface area contributed by atoms with Crippen LogP contribution in [0.4, 0.5) is 0 Å². The van der Waals surface area contributed by atoms with E-state index in [1.165, 1.54) is 13.2 Å². The zero-order valence-corrected chi connectivity index (χ0v) is 17.8. The van der Waals surface area contributed by atoms with Crippen LogP contribution in [0.2, 0.25) is 5.02 Å². The van der Waals surface area contributed by atoms with Crippen LogP contribution in [0.5, 0.6) is 11.5 Å². The Labute approximate surface area is 176 Å². The molecule has 5 nitrogen and oxygen atoms in total. The summed E-state index contributed by atoms with van der Waals surface area (Å²) in [4.78, 5) is 24.6. The number of rotatable bonds is 9. The first kappa shape index (κ1) is 22.5. The number of hydrogen-bond donors (Lipinski definition) is 0. The number of hydrogen-bond acceptors (Lipinski definition) is 5. The molecule has 0 saturated carbocycles. The van der Waals surface area contributed by atoms with Crippen LogP contribution < -0.4 is 9.47 Å². The summed E-state index contributed by atoms with van der Waals surface area (Å²) in [6.07, 6.45) is 2.80. The van der Waals surface area contributed by atoms with E-state index in [1.807, 2.05) is 26.0 Å².